The van der Waals surface area contributed by atoms with Crippen molar-refractivity contribution < 1.29 is 12.9 Å². The summed E-state index contributed by atoms with van der Waals surface area (Å²) in [5.74, 6) is 3.95. The summed E-state index contributed by atoms with van der Waals surface area (Å²) >= 11 is 0. The molecular formula is C23H20F2N4O. The van der Waals surface area contributed by atoms with E-state index in [4.69, 9.17) is 4.11 Å². The molecule has 1 aliphatic heterocycles. The van der Waals surface area contributed by atoms with Crippen LogP contribution in [0.1, 0.15) is 41.4 Å². The highest BCUT2D eigenvalue weighted by Gasteiger charge is 2.35. The fraction of sp³-hybridized carbons (Fsp3) is 0.348. The van der Waals surface area contributed by atoms with Gasteiger partial charge in [-0.2, -0.15) is 4.98 Å². The summed E-state index contributed by atoms with van der Waals surface area (Å²) in [5, 5.41) is -0.361. The second-order valence-electron chi connectivity index (χ2n) is 8.06. The number of fused-ring (bicyclic) bond motifs is 2. The van der Waals surface area contributed by atoms with Crippen molar-refractivity contribution >= 4 is 22.4 Å². The van der Waals surface area contributed by atoms with Gasteiger partial charge >= 0.3 is 5.69 Å². The van der Waals surface area contributed by atoms with Gasteiger partial charge in [0.1, 0.15) is 0 Å². The average molecular weight is 409 g/mol. The van der Waals surface area contributed by atoms with Crippen molar-refractivity contribution in [3.63, 3.8) is 0 Å². The van der Waals surface area contributed by atoms with Gasteiger partial charge in [-0.1, -0.05) is 11.8 Å². The van der Waals surface area contributed by atoms with Crippen LogP contribution in [-0.4, -0.2) is 21.1 Å². The molecule has 0 bridgehead atoms. The predicted molar refractivity (Wildman–Crippen MR) is 111 cm³/mol. The molecule has 0 saturated heterocycles. The van der Waals surface area contributed by atoms with E-state index in [2.05, 4.69) is 28.7 Å². The van der Waals surface area contributed by atoms with Gasteiger partial charge in [-0.25, -0.2) is 13.6 Å². The maximum atomic E-state index is 15.0. The number of rotatable bonds is 1. The average Bonchev–Trinajstić information content (AvgIpc) is 3.50. The normalized spacial score (nSPS) is 18.6. The summed E-state index contributed by atoms with van der Waals surface area (Å²) in [6.45, 7) is -0.435. The molecule has 5 rings (SSSR count). The Hall–Kier alpha value is -3.27. The zero-order valence-corrected chi connectivity index (χ0v) is 16.3. The molecule has 2 aliphatic rings. The topological polar surface area (TPSA) is 51.0 Å². The molecule has 30 heavy (non-hydrogen) atoms. The molecule has 5 nitrogen and oxygen atoms in total. The molecule has 0 amide bonds. The van der Waals surface area contributed by atoms with Gasteiger partial charge < -0.3 is 4.90 Å². The molecular weight excluding hydrogens is 386 g/mol. The minimum Gasteiger partial charge on any atom is -0.324 e. The number of pyridine rings is 1. The van der Waals surface area contributed by atoms with E-state index in [1.54, 1.807) is 17.3 Å². The molecule has 0 N–H and O–H groups in total. The van der Waals surface area contributed by atoms with E-state index in [9.17, 15) is 9.18 Å². The number of hydrogen-bond acceptors (Lipinski definition) is 4. The summed E-state index contributed by atoms with van der Waals surface area (Å²) in [4.78, 5) is 22.6. The Balaban J connectivity index is 1.75. The Morgan fingerprint density at radius 2 is 2.10 bits per heavy atom. The van der Waals surface area contributed by atoms with Crippen LogP contribution in [0.15, 0.2) is 29.3 Å². The van der Waals surface area contributed by atoms with Crippen molar-refractivity contribution in [1.82, 2.24) is 14.5 Å². The van der Waals surface area contributed by atoms with Crippen LogP contribution in [-0.2, 0) is 13.4 Å². The number of benzene rings is 1. The number of anilines is 2. The molecule has 3 aromatic rings. The number of nitrogens with zero attached hydrogens (tertiary/aromatic N) is 4. The molecule has 1 aromatic carbocycles. The third-order valence-corrected chi connectivity index (χ3v) is 5.82. The first kappa shape index (κ1) is 15.6. The minimum absolute atomic E-state index is 0.0231. The molecule has 7 heteroatoms. The van der Waals surface area contributed by atoms with Crippen molar-refractivity contribution in [2.75, 3.05) is 11.4 Å². The highest BCUT2D eigenvalue weighted by molar-refractivity contribution is 5.93. The Morgan fingerprint density at radius 3 is 2.87 bits per heavy atom. The highest BCUT2D eigenvalue weighted by Crippen LogP contribution is 2.44. The van der Waals surface area contributed by atoms with Gasteiger partial charge in [-0.05, 0) is 50.3 Å². The molecule has 152 valence electrons. The van der Waals surface area contributed by atoms with Gasteiger partial charge in [-0.3, -0.25) is 9.55 Å². The maximum Gasteiger partial charge on any atom is 0.349 e. The van der Waals surface area contributed by atoms with Crippen LogP contribution in [0.5, 0.6) is 0 Å². The maximum absolute atomic E-state index is 15.0. The molecule has 0 atom stereocenters. The standard InChI is InChI=1S/C23H20F2N4O/c1-23(9-10-23)8-7-14-12-26-13-18-15(14)4-3-11-29(18)21-19-17(28(2)22(30)27-21)6-5-16(24)20(19)25/h5-6,12-13H,3-4,9-11H2,1-2H3/i2D3. The van der Waals surface area contributed by atoms with E-state index < -0.39 is 24.3 Å². The number of halogens is 2. The first-order valence-electron chi connectivity index (χ1n) is 11.3. The Labute approximate surface area is 176 Å². The first-order chi connectivity index (χ1) is 15.6. The van der Waals surface area contributed by atoms with Gasteiger partial charge in [0.15, 0.2) is 17.5 Å². The Kier molecular flexibility index (Phi) is 3.44. The van der Waals surface area contributed by atoms with Crippen molar-refractivity contribution in [2.45, 2.75) is 32.6 Å². The fourth-order valence-electron chi connectivity index (χ4n) is 3.80. The lowest BCUT2D eigenvalue weighted by Gasteiger charge is -2.31. The van der Waals surface area contributed by atoms with Crippen LogP contribution in [0.4, 0.5) is 20.3 Å². The number of aryl methyl sites for hydroxylation is 1. The van der Waals surface area contributed by atoms with Crippen molar-refractivity contribution in [3.8, 4) is 11.8 Å². The van der Waals surface area contributed by atoms with Gasteiger partial charge in [0.25, 0.3) is 0 Å². The van der Waals surface area contributed by atoms with Crippen LogP contribution in [0.3, 0.4) is 0 Å². The van der Waals surface area contributed by atoms with Gasteiger partial charge in [-0.15, -0.1) is 0 Å². The second kappa shape index (κ2) is 6.63. The smallest absolute Gasteiger partial charge is 0.324 e. The van der Waals surface area contributed by atoms with Crippen LogP contribution in [0, 0.1) is 28.9 Å². The largest absolute Gasteiger partial charge is 0.349 e. The van der Waals surface area contributed by atoms with E-state index in [1.165, 1.54) is 0 Å². The van der Waals surface area contributed by atoms with Crippen LogP contribution >= 0.6 is 0 Å². The second-order valence-corrected chi connectivity index (χ2v) is 8.06. The van der Waals surface area contributed by atoms with Crippen LogP contribution in [0.25, 0.3) is 10.9 Å². The van der Waals surface area contributed by atoms with E-state index in [-0.39, 0.29) is 22.1 Å². The lowest BCUT2D eigenvalue weighted by molar-refractivity contribution is 0.516. The zero-order valence-electron chi connectivity index (χ0n) is 19.3. The van der Waals surface area contributed by atoms with E-state index in [0.29, 0.717) is 29.6 Å². The summed E-state index contributed by atoms with van der Waals surface area (Å²) < 4.78 is 52.7. The van der Waals surface area contributed by atoms with Crippen molar-refractivity contribution in [3.05, 3.63) is 57.8 Å². The minimum atomic E-state index is -2.91. The first-order valence-corrected chi connectivity index (χ1v) is 9.78. The molecule has 1 fully saturated rings. The van der Waals surface area contributed by atoms with Gasteiger partial charge in [0.05, 0.1) is 22.8 Å². The fourth-order valence-corrected chi connectivity index (χ4v) is 3.80. The summed E-state index contributed by atoms with van der Waals surface area (Å²) in [5.41, 5.74) is 0.937. The van der Waals surface area contributed by atoms with E-state index in [0.717, 1.165) is 36.1 Å². The number of aromatic nitrogens is 3. The summed E-state index contributed by atoms with van der Waals surface area (Å²) in [7, 11) is 0. The van der Waals surface area contributed by atoms with Crippen LogP contribution < -0.4 is 10.6 Å². The summed E-state index contributed by atoms with van der Waals surface area (Å²) in [6.07, 6.45) is 6.73. The Morgan fingerprint density at radius 1 is 1.27 bits per heavy atom. The lowest BCUT2D eigenvalue weighted by atomic mass is 9.97. The lowest BCUT2D eigenvalue weighted by Crippen LogP contribution is -2.31. The quantitative estimate of drug-likeness (QED) is 0.573. The van der Waals surface area contributed by atoms with Gasteiger partial charge in [0.2, 0.25) is 0 Å². The number of hydrogen-bond donors (Lipinski definition) is 0. The molecule has 0 radical (unpaired) electrons. The van der Waals surface area contributed by atoms with Crippen molar-refractivity contribution in [2.24, 2.45) is 12.4 Å². The SMILES string of the molecule is [2H]C([2H])([2H])n1c(=O)nc(N2CCCc3c(C#CC4(C)CC4)cncc32)c2c(F)c(F)ccc21. The Bertz CT molecular complexity index is 1420. The van der Waals surface area contributed by atoms with E-state index in [1.807, 2.05) is 0 Å². The molecule has 1 aliphatic carbocycles. The van der Waals surface area contributed by atoms with Crippen molar-refractivity contribution in [1.29, 1.82) is 0 Å². The monoisotopic (exact) mass is 409 g/mol. The highest BCUT2D eigenvalue weighted by atomic mass is 19.2. The molecule has 3 heterocycles. The molecule has 2 aromatic heterocycles. The van der Waals surface area contributed by atoms with Gasteiger partial charge in [0, 0.05) is 34.8 Å². The molecule has 1 saturated carbocycles. The predicted octanol–water partition coefficient (Wildman–Crippen LogP) is 3.84. The van der Waals surface area contributed by atoms with Crippen LogP contribution in [0.2, 0.25) is 0 Å². The third-order valence-electron chi connectivity index (χ3n) is 5.82. The summed E-state index contributed by atoms with van der Waals surface area (Å²) in [6, 6.07) is 1.90. The van der Waals surface area contributed by atoms with E-state index >= 15 is 4.39 Å². The molecule has 0 unspecified atom stereocenters. The zero-order chi connectivity index (χ0) is 23.5. The molecule has 0 spiro atoms. The third kappa shape index (κ3) is 2.95.